The second-order valence-electron chi connectivity index (χ2n) is 3.53. The molecule has 0 spiro atoms. The lowest BCUT2D eigenvalue weighted by molar-refractivity contribution is 0.318. The van der Waals surface area contributed by atoms with Crippen molar-refractivity contribution in [3.8, 4) is 0 Å². The predicted molar refractivity (Wildman–Crippen MR) is 66.6 cm³/mol. The van der Waals surface area contributed by atoms with E-state index >= 15 is 0 Å². The van der Waals surface area contributed by atoms with Crippen LogP contribution >= 0.6 is 11.8 Å². The average molecular weight is 264 g/mol. The number of nitrogens with two attached hydrogens (primary N) is 1. The lowest BCUT2D eigenvalue weighted by Gasteiger charge is -2.05. The lowest BCUT2D eigenvalue weighted by Crippen LogP contribution is -2.16. The summed E-state index contributed by atoms with van der Waals surface area (Å²) in [6.07, 6.45) is 1.58. The van der Waals surface area contributed by atoms with Crippen molar-refractivity contribution in [2.75, 3.05) is 0 Å². The zero-order chi connectivity index (χ0) is 13.1. The molecule has 8 heteroatoms. The Bertz CT molecular complexity index is 594. The molecule has 94 valence electrons. The number of pyridine rings is 1. The van der Waals surface area contributed by atoms with Gasteiger partial charge in [0, 0.05) is 18.1 Å². The van der Waals surface area contributed by atoms with Gasteiger partial charge < -0.3 is 15.5 Å². The van der Waals surface area contributed by atoms with Crippen molar-refractivity contribution in [2.45, 2.75) is 17.0 Å². The van der Waals surface area contributed by atoms with Gasteiger partial charge in [0.2, 0.25) is 0 Å². The maximum Gasteiger partial charge on any atom is 0.195 e. The normalized spacial score (nSPS) is 11.8. The van der Waals surface area contributed by atoms with E-state index in [2.05, 4.69) is 20.3 Å². The van der Waals surface area contributed by atoms with E-state index in [1.165, 1.54) is 11.8 Å². The van der Waals surface area contributed by atoms with Gasteiger partial charge in [0.1, 0.15) is 11.5 Å². The minimum Gasteiger partial charge on any atom is -0.409 e. The Hall–Kier alpha value is -2.09. The monoisotopic (exact) mass is 264 g/mol. The van der Waals surface area contributed by atoms with Crippen molar-refractivity contribution in [1.82, 2.24) is 19.7 Å². The van der Waals surface area contributed by atoms with Crippen molar-refractivity contribution in [2.24, 2.45) is 17.9 Å². The Morgan fingerprint density at radius 3 is 2.89 bits per heavy atom. The summed E-state index contributed by atoms with van der Waals surface area (Å²) in [5, 5.41) is 20.4. The van der Waals surface area contributed by atoms with Gasteiger partial charge in [-0.2, -0.15) is 0 Å². The number of nitrogens with zero attached hydrogens (tertiary/aromatic N) is 5. The first kappa shape index (κ1) is 12.4. The second-order valence-corrected chi connectivity index (χ2v) is 4.54. The van der Waals surface area contributed by atoms with Crippen molar-refractivity contribution in [3.63, 3.8) is 0 Å². The first-order chi connectivity index (χ1) is 8.63. The van der Waals surface area contributed by atoms with Crippen LogP contribution in [0.2, 0.25) is 0 Å². The summed E-state index contributed by atoms with van der Waals surface area (Å²) in [5.41, 5.74) is 6.00. The van der Waals surface area contributed by atoms with Gasteiger partial charge in [-0.1, -0.05) is 5.16 Å². The molecule has 0 unspecified atom stereocenters. The van der Waals surface area contributed by atoms with Crippen LogP contribution in [-0.2, 0) is 7.05 Å². The van der Waals surface area contributed by atoms with E-state index in [0.29, 0.717) is 10.9 Å². The third-order valence-electron chi connectivity index (χ3n) is 2.37. The quantitative estimate of drug-likeness (QED) is 0.367. The highest BCUT2D eigenvalue weighted by Gasteiger charge is 2.13. The molecule has 3 N–H and O–H groups in total. The molecule has 0 saturated carbocycles. The van der Waals surface area contributed by atoms with E-state index in [9.17, 15) is 0 Å². The van der Waals surface area contributed by atoms with Crippen molar-refractivity contribution in [1.29, 1.82) is 0 Å². The summed E-state index contributed by atoms with van der Waals surface area (Å²) >= 11 is 1.36. The topological polar surface area (TPSA) is 102 Å². The lowest BCUT2D eigenvalue weighted by atomic mass is 10.3. The summed E-state index contributed by atoms with van der Waals surface area (Å²) < 4.78 is 1.85. The molecule has 2 rings (SSSR count). The van der Waals surface area contributed by atoms with Crippen LogP contribution in [0.4, 0.5) is 0 Å². The molecule has 18 heavy (non-hydrogen) atoms. The Balaban J connectivity index is 2.38. The summed E-state index contributed by atoms with van der Waals surface area (Å²) in [7, 11) is 1.87. The smallest absolute Gasteiger partial charge is 0.195 e. The number of oxime groups is 1. The average Bonchev–Trinajstić information content (AvgIpc) is 2.70. The van der Waals surface area contributed by atoms with Crippen LogP contribution in [0.15, 0.2) is 33.5 Å². The molecule has 0 saturated heterocycles. The first-order valence-corrected chi connectivity index (χ1v) is 5.92. The standard InChI is InChI=1S/C10H12N6OS/c1-6-13-14-10(16(6)2)18-7-4-3-5-12-8(7)9(11)15-17/h3-5,17H,1-2H3,(H2,11,15). The summed E-state index contributed by atoms with van der Waals surface area (Å²) in [6, 6.07) is 3.61. The fourth-order valence-corrected chi connectivity index (χ4v) is 2.24. The molecule has 0 aliphatic carbocycles. The van der Waals surface area contributed by atoms with Gasteiger partial charge in [0.25, 0.3) is 0 Å². The molecule has 2 aromatic heterocycles. The molecule has 0 bridgehead atoms. The molecule has 0 aliphatic heterocycles. The third kappa shape index (κ3) is 2.28. The fourth-order valence-electron chi connectivity index (χ4n) is 1.29. The molecule has 2 heterocycles. The first-order valence-electron chi connectivity index (χ1n) is 5.10. The fraction of sp³-hybridized carbons (Fsp3) is 0.200. The maximum atomic E-state index is 8.72. The van der Waals surface area contributed by atoms with E-state index in [1.54, 1.807) is 12.3 Å². The number of amidine groups is 1. The highest BCUT2D eigenvalue weighted by molar-refractivity contribution is 7.99. The Morgan fingerprint density at radius 1 is 1.50 bits per heavy atom. The van der Waals surface area contributed by atoms with Crippen LogP contribution in [0.3, 0.4) is 0 Å². The number of aryl methyl sites for hydroxylation is 1. The van der Waals surface area contributed by atoms with Crippen molar-refractivity contribution < 1.29 is 5.21 Å². The molecule has 7 nitrogen and oxygen atoms in total. The van der Waals surface area contributed by atoms with Gasteiger partial charge >= 0.3 is 0 Å². The van der Waals surface area contributed by atoms with Gasteiger partial charge in [0.05, 0.1) is 0 Å². The van der Waals surface area contributed by atoms with Gasteiger partial charge in [-0.05, 0) is 30.8 Å². The van der Waals surface area contributed by atoms with Crippen LogP contribution in [0, 0.1) is 6.92 Å². The molecule has 0 amide bonds. The second kappa shape index (κ2) is 5.05. The summed E-state index contributed by atoms with van der Waals surface area (Å²) in [5.74, 6) is 0.781. The van der Waals surface area contributed by atoms with Gasteiger partial charge in [0.15, 0.2) is 11.0 Å². The Kier molecular flexibility index (Phi) is 3.47. The van der Waals surface area contributed by atoms with Crippen molar-refractivity contribution in [3.05, 3.63) is 29.8 Å². The molecule has 0 aromatic carbocycles. The van der Waals surface area contributed by atoms with Gasteiger partial charge in [-0.15, -0.1) is 10.2 Å². The zero-order valence-electron chi connectivity index (χ0n) is 9.90. The number of hydrogen-bond donors (Lipinski definition) is 2. The van der Waals surface area contributed by atoms with Crippen LogP contribution in [0.25, 0.3) is 0 Å². The minimum absolute atomic E-state index is 0.0306. The van der Waals surface area contributed by atoms with E-state index in [1.807, 2.05) is 24.6 Å². The van der Waals surface area contributed by atoms with Gasteiger partial charge in [-0.25, -0.2) is 0 Å². The van der Waals surface area contributed by atoms with E-state index in [0.717, 1.165) is 10.7 Å². The van der Waals surface area contributed by atoms with E-state index in [-0.39, 0.29) is 5.84 Å². The summed E-state index contributed by atoms with van der Waals surface area (Å²) in [4.78, 5) is 4.84. The number of hydrogen-bond acceptors (Lipinski definition) is 6. The molecule has 0 fully saturated rings. The largest absolute Gasteiger partial charge is 0.409 e. The van der Waals surface area contributed by atoms with E-state index in [4.69, 9.17) is 10.9 Å². The minimum atomic E-state index is -0.0306. The van der Waals surface area contributed by atoms with Crippen LogP contribution in [-0.4, -0.2) is 30.8 Å². The highest BCUT2D eigenvalue weighted by atomic mass is 32.2. The van der Waals surface area contributed by atoms with E-state index < -0.39 is 0 Å². The molecule has 2 aromatic rings. The predicted octanol–water partition coefficient (Wildman–Crippen LogP) is 0.764. The molecule has 0 aliphatic rings. The SMILES string of the molecule is Cc1nnc(Sc2cccnc2/C(N)=N/O)n1C. The molecular formula is C10H12N6OS. The maximum absolute atomic E-state index is 8.72. The van der Waals surface area contributed by atoms with Crippen molar-refractivity contribution >= 4 is 17.6 Å². The third-order valence-corrected chi connectivity index (χ3v) is 3.46. The molecular weight excluding hydrogens is 252 g/mol. The molecule has 0 atom stereocenters. The van der Waals surface area contributed by atoms with Crippen LogP contribution < -0.4 is 5.73 Å². The number of aromatic nitrogens is 4. The Morgan fingerprint density at radius 2 is 2.28 bits per heavy atom. The summed E-state index contributed by atoms with van der Waals surface area (Å²) in [6.45, 7) is 1.87. The Labute approximate surface area is 108 Å². The number of rotatable bonds is 3. The zero-order valence-corrected chi connectivity index (χ0v) is 10.7. The molecule has 0 radical (unpaired) electrons. The van der Waals surface area contributed by atoms with Crippen LogP contribution in [0.1, 0.15) is 11.5 Å². The van der Waals surface area contributed by atoms with Gasteiger partial charge in [-0.3, -0.25) is 4.98 Å². The highest BCUT2D eigenvalue weighted by Crippen LogP contribution is 2.27. The van der Waals surface area contributed by atoms with Crippen LogP contribution in [0.5, 0.6) is 0 Å².